The summed E-state index contributed by atoms with van der Waals surface area (Å²) in [6.07, 6.45) is -1.07. The van der Waals surface area contributed by atoms with Crippen LogP contribution in [0.3, 0.4) is 0 Å². The molecule has 2 rings (SSSR count). The number of esters is 1. The Bertz CT molecular complexity index is 808. The third-order valence-electron chi connectivity index (χ3n) is 3.59. The smallest absolute Gasteiger partial charge is 0.387 e. The number of benzene rings is 2. The van der Waals surface area contributed by atoms with Gasteiger partial charge in [-0.25, -0.2) is 4.79 Å². The third-order valence-corrected chi connectivity index (χ3v) is 3.59. The normalized spacial score (nSPS) is 11.6. The summed E-state index contributed by atoms with van der Waals surface area (Å²) in [6.45, 7) is 0.316. The lowest BCUT2D eigenvalue weighted by Crippen LogP contribution is -2.30. The molecule has 0 radical (unpaired) electrons. The number of anilines is 1. The van der Waals surface area contributed by atoms with E-state index in [0.29, 0.717) is 5.69 Å². The van der Waals surface area contributed by atoms with Gasteiger partial charge in [-0.1, -0.05) is 17.7 Å². The van der Waals surface area contributed by atoms with E-state index in [1.165, 1.54) is 32.2 Å². The number of nitrogens with one attached hydrogen (secondary N) is 1. The number of amides is 1. The second kappa shape index (κ2) is 8.98. The monoisotopic (exact) mass is 379 g/mol. The number of rotatable bonds is 7. The molecule has 0 aromatic heterocycles. The maximum absolute atomic E-state index is 12.3. The molecule has 0 saturated carbocycles. The minimum absolute atomic E-state index is 0.0310. The van der Waals surface area contributed by atoms with Crippen molar-refractivity contribution in [1.29, 1.82) is 0 Å². The second-order valence-electron chi connectivity index (χ2n) is 5.65. The van der Waals surface area contributed by atoms with E-state index in [2.05, 4.69) is 10.1 Å². The molecule has 0 unspecified atom stereocenters. The highest BCUT2D eigenvalue weighted by atomic mass is 19.3. The molecule has 2 aromatic rings. The number of halogens is 2. The molecule has 0 aliphatic heterocycles. The van der Waals surface area contributed by atoms with Crippen molar-refractivity contribution in [3.8, 4) is 11.5 Å². The SMILES string of the molecule is COc1cc(C(=O)O[C@@H](C)C(=O)Nc2ccc(C)cc2)ccc1OC(F)F. The van der Waals surface area contributed by atoms with Crippen molar-refractivity contribution in [3.05, 3.63) is 53.6 Å². The fourth-order valence-electron chi connectivity index (χ4n) is 2.15. The van der Waals surface area contributed by atoms with E-state index in [0.717, 1.165) is 5.56 Å². The van der Waals surface area contributed by atoms with Gasteiger partial charge in [-0.05, 0) is 44.2 Å². The van der Waals surface area contributed by atoms with Crippen molar-refractivity contribution in [2.45, 2.75) is 26.6 Å². The first-order chi connectivity index (χ1) is 12.8. The van der Waals surface area contributed by atoms with Gasteiger partial charge < -0.3 is 19.5 Å². The van der Waals surface area contributed by atoms with E-state index in [1.807, 2.05) is 19.1 Å². The quantitative estimate of drug-likeness (QED) is 0.741. The van der Waals surface area contributed by atoms with Crippen molar-refractivity contribution in [2.75, 3.05) is 12.4 Å². The van der Waals surface area contributed by atoms with Gasteiger partial charge in [0.15, 0.2) is 17.6 Å². The maximum atomic E-state index is 12.3. The van der Waals surface area contributed by atoms with Crippen LogP contribution in [0.5, 0.6) is 11.5 Å². The van der Waals surface area contributed by atoms with Gasteiger partial charge >= 0.3 is 12.6 Å². The number of hydrogen-bond acceptors (Lipinski definition) is 5. The molecule has 1 atom stereocenters. The molecule has 0 aliphatic rings. The number of methoxy groups -OCH3 is 1. The summed E-state index contributed by atoms with van der Waals surface area (Å²) in [5.41, 5.74) is 1.65. The number of aryl methyl sites for hydroxylation is 1. The van der Waals surface area contributed by atoms with E-state index in [9.17, 15) is 18.4 Å². The second-order valence-corrected chi connectivity index (χ2v) is 5.65. The van der Waals surface area contributed by atoms with E-state index in [4.69, 9.17) is 9.47 Å². The van der Waals surface area contributed by atoms with Crippen LogP contribution in [0.15, 0.2) is 42.5 Å². The van der Waals surface area contributed by atoms with Gasteiger partial charge in [-0.2, -0.15) is 8.78 Å². The predicted molar refractivity (Wildman–Crippen MR) is 94.3 cm³/mol. The van der Waals surface area contributed by atoms with Gasteiger partial charge in [0, 0.05) is 5.69 Å². The van der Waals surface area contributed by atoms with Gasteiger partial charge in [0.05, 0.1) is 12.7 Å². The lowest BCUT2D eigenvalue weighted by Gasteiger charge is -2.15. The third kappa shape index (κ3) is 5.67. The summed E-state index contributed by atoms with van der Waals surface area (Å²) in [4.78, 5) is 24.4. The number of carbonyl (C=O) groups is 2. The van der Waals surface area contributed by atoms with E-state index < -0.39 is 24.6 Å². The molecule has 27 heavy (non-hydrogen) atoms. The Hall–Kier alpha value is -3.16. The molecule has 1 amide bonds. The topological polar surface area (TPSA) is 73.9 Å². The van der Waals surface area contributed by atoms with Crippen molar-refractivity contribution in [3.63, 3.8) is 0 Å². The maximum Gasteiger partial charge on any atom is 0.387 e. The van der Waals surface area contributed by atoms with Crippen LogP contribution in [0.2, 0.25) is 0 Å². The van der Waals surface area contributed by atoms with Crippen LogP contribution in [0, 0.1) is 6.92 Å². The number of hydrogen-bond donors (Lipinski definition) is 1. The zero-order valence-corrected chi connectivity index (χ0v) is 15.0. The van der Waals surface area contributed by atoms with E-state index in [1.54, 1.807) is 12.1 Å². The summed E-state index contributed by atoms with van der Waals surface area (Å²) in [5, 5.41) is 2.63. The molecular weight excluding hydrogens is 360 g/mol. The van der Waals surface area contributed by atoms with Crippen molar-refractivity contribution in [1.82, 2.24) is 0 Å². The van der Waals surface area contributed by atoms with Gasteiger partial charge in [-0.15, -0.1) is 0 Å². The summed E-state index contributed by atoms with van der Waals surface area (Å²) in [6, 6.07) is 10.7. The highest BCUT2D eigenvalue weighted by Gasteiger charge is 2.21. The molecule has 1 N–H and O–H groups in total. The molecule has 144 valence electrons. The Kier molecular flexibility index (Phi) is 6.70. The predicted octanol–water partition coefficient (Wildman–Crippen LogP) is 3.79. The summed E-state index contributed by atoms with van der Waals surface area (Å²) >= 11 is 0. The average Bonchev–Trinajstić information content (AvgIpc) is 2.63. The van der Waals surface area contributed by atoms with Crippen LogP contribution in [0.1, 0.15) is 22.8 Å². The van der Waals surface area contributed by atoms with Crippen molar-refractivity contribution in [2.24, 2.45) is 0 Å². The fraction of sp³-hybridized carbons (Fsp3) is 0.263. The molecule has 6 nitrogen and oxygen atoms in total. The highest BCUT2D eigenvalue weighted by molar-refractivity contribution is 5.97. The molecule has 0 fully saturated rings. The minimum atomic E-state index is -3.03. The summed E-state index contributed by atoms with van der Waals surface area (Å²) < 4.78 is 39.0. The first-order valence-corrected chi connectivity index (χ1v) is 8.01. The van der Waals surface area contributed by atoms with Crippen molar-refractivity contribution < 1.29 is 32.6 Å². The van der Waals surface area contributed by atoms with Gasteiger partial charge in [0.1, 0.15) is 0 Å². The zero-order valence-electron chi connectivity index (χ0n) is 15.0. The lowest BCUT2D eigenvalue weighted by atomic mass is 10.2. The summed E-state index contributed by atoms with van der Waals surface area (Å²) in [5.74, 6) is -1.57. The van der Waals surface area contributed by atoms with Gasteiger partial charge in [-0.3, -0.25) is 4.79 Å². The van der Waals surface area contributed by atoms with E-state index in [-0.39, 0.29) is 17.1 Å². The largest absolute Gasteiger partial charge is 0.493 e. The molecule has 0 spiro atoms. The average molecular weight is 379 g/mol. The van der Waals surface area contributed by atoms with Gasteiger partial charge in [0.25, 0.3) is 5.91 Å². The zero-order chi connectivity index (χ0) is 20.0. The Morgan fingerprint density at radius 1 is 1.04 bits per heavy atom. The Morgan fingerprint density at radius 2 is 1.70 bits per heavy atom. The molecule has 0 aliphatic carbocycles. The van der Waals surface area contributed by atoms with Crippen LogP contribution in [-0.4, -0.2) is 31.7 Å². The number of alkyl halides is 2. The first-order valence-electron chi connectivity index (χ1n) is 8.01. The molecule has 2 aromatic carbocycles. The Morgan fingerprint density at radius 3 is 2.30 bits per heavy atom. The van der Waals surface area contributed by atoms with E-state index >= 15 is 0 Å². The number of carbonyl (C=O) groups excluding carboxylic acids is 2. The minimum Gasteiger partial charge on any atom is -0.493 e. The summed E-state index contributed by atoms with van der Waals surface area (Å²) in [7, 11) is 1.25. The van der Waals surface area contributed by atoms with Crippen LogP contribution < -0.4 is 14.8 Å². The van der Waals surface area contributed by atoms with Crippen LogP contribution in [0.25, 0.3) is 0 Å². The van der Waals surface area contributed by atoms with Crippen molar-refractivity contribution >= 4 is 17.6 Å². The molecular formula is C19H19F2NO5. The van der Waals surface area contributed by atoms with Crippen LogP contribution in [-0.2, 0) is 9.53 Å². The molecule has 0 bridgehead atoms. The Labute approximate surface area is 155 Å². The standard InChI is InChI=1S/C19H19F2NO5/c1-11-4-7-14(8-5-11)22-17(23)12(2)26-18(24)13-6-9-15(27-19(20)21)16(10-13)25-3/h4-10,12,19H,1-3H3,(H,22,23)/t12-/m0/s1. The number of ether oxygens (including phenoxy) is 3. The van der Waals surface area contributed by atoms with Crippen LogP contribution in [0.4, 0.5) is 14.5 Å². The van der Waals surface area contributed by atoms with Gasteiger partial charge in [0.2, 0.25) is 0 Å². The Balaban J connectivity index is 2.02. The lowest BCUT2D eigenvalue weighted by molar-refractivity contribution is -0.123. The molecule has 0 heterocycles. The molecule has 0 saturated heterocycles. The molecule has 8 heteroatoms. The van der Waals surface area contributed by atoms with Crippen LogP contribution >= 0.6 is 0 Å². The fourth-order valence-corrected chi connectivity index (χ4v) is 2.15. The first kappa shape index (κ1) is 20.2. The highest BCUT2D eigenvalue weighted by Crippen LogP contribution is 2.29.